The summed E-state index contributed by atoms with van der Waals surface area (Å²) < 4.78 is 2.23. The number of nitrogens with zero attached hydrogens (tertiary/aromatic N) is 4. The molecule has 5 nitrogen and oxygen atoms in total. The van der Waals surface area contributed by atoms with Crippen LogP contribution in [0.15, 0.2) is 10.7 Å². The van der Waals surface area contributed by atoms with E-state index in [9.17, 15) is 0 Å². The van der Waals surface area contributed by atoms with E-state index in [0.717, 1.165) is 28.8 Å². The Bertz CT molecular complexity index is 558. The zero-order chi connectivity index (χ0) is 13.2. The SMILES string of the molecule is Cc1ncsc1CCSc1nnc(CN)n1C1CC1. The molecule has 0 aliphatic heterocycles. The highest BCUT2D eigenvalue weighted by atomic mass is 32.2. The normalized spacial score (nSPS) is 15.1. The Labute approximate surface area is 120 Å². The third-order valence-electron chi connectivity index (χ3n) is 3.23. The third kappa shape index (κ3) is 2.82. The lowest BCUT2D eigenvalue weighted by Crippen LogP contribution is -2.08. The van der Waals surface area contributed by atoms with E-state index >= 15 is 0 Å². The molecule has 19 heavy (non-hydrogen) atoms. The van der Waals surface area contributed by atoms with Crippen molar-refractivity contribution in [3.05, 3.63) is 21.9 Å². The largest absolute Gasteiger partial charge is 0.324 e. The first kappa shape index (κ1) is 13.1. The minimum Gasteiger partial charge on any atom is -0.324 e. The first-order valence-corrected chi connectivity index (χ1v) is 8.31. The molecule has 3 rings (SSSR count). The number of thiazole rings is 1. The Morgan fingerprint density at radius 1 is 1.47 bits per heavy atom. The highest BCUT2D eigenvalue weighted by Gasteiger charge is 2.29. The number of aryl methyl sites for hydroxylation is 2. The van der Waals surface area contributed by atoms with Crippen LogP contribution in [0.4, 0.5) is 0 Å². The van der Waals surface area contributed by atoms with Crippen LogP contribution in [0.3, 0.4) is 0 Å². The Hall–Kier alpha value is -0.920. The zero-order valence-corrected chi connectivity index (χ0v) is 12.5. The lowest BCUT2D eigenvalue weighted by molar-refractivity contribution is 0.626. The van der Waals surface area contributed by atoms with Crippen molar-refractivity contribution in [3.63, 3.8) is 0 Å². The number of hydrogen-bond acceptors (Lipinski definition) is 6. The van der Waals surface area contributed by atoms with Gasteiger partial charge in [0.1, 0.15) is 5.82 Å². The molecule has 7 heteroatoms. The van der Waals surface area contributed by atoms with Gasteiger partial charge in [-0.15, -0.1) is 21.5 Å². The Morgan fingerprint density at radius 2 is 2.32 bits per heavy atom. The standard InChI is InChI=1S/C12H17N5S2/c1-8-10(19-7-14-8)4-5-18-12-16-15-11(6-13)17(12)9-2-3-9/h7,9H,2-6,13H2,1H3. The summed E-state index contributed by atoms with van der Waals surface area (Å²) in [4.78, 5) is 5.64. The molecule has 2 heterocycles. The minimum absolute atomic E-state index is 0.470. The van der Waals surface area contributed by atoms with Gasteiger partial charge < -0.3 is 10.3 Å². The molecular weight excluding hydrogens is 278 g/mol. The summed E-state index contributed by atoms with van der Waals surface area (Å²) in [5, 5.41) is 9.48. The molecule has 1 saturated carbocycles. The van der Waals surface area contributed by atoms with Gasteiger partial charge in [-0.2, -0.15) is 0 Å². The molecule has 0 aromatic carbocycles. The van der Waals surface area contributed by atoms with Crippen LogP contribution in [-0.2, 0) is 13.0 Å². The first-order chi connectivity index (χ1) is 9.29. The van der Waals surface area contributed by atoms with Gasteiger partial charge in [0.15, 0.2) is 5.16 Å². The van der Waals surface area contributed by atoms with Crippen molar-refractivity contribution >= 4 is 23.1 Å². The van der Waals surface area contributed by atoms with E-state index in [-0.39, 0.29) is 0 Å². The fraction of sp³-hybridized carbons (Fsp3) is 0.583. The van der Waals surface area contributed by atoms with Gasteiger partial charge in [0, 0.05) is 16.7 Å². The Morgan fingerprint density at radius 3 is 2.95 bits per heavy atom. The van der Waals surface area contributed by atoms with Crippen LogP contribution in [0.1, 0.15) is 35.3 Å². The Kier molecular flexibility index (Phi) is 3.86. The maximum atomic E-state index is 5.72. The fourth-order valence-electron chi connectivity index (χ4n) is 2.05. The van der Waals surface area contributed by atoms with Crippen molar-refractivity contribution in [2.75, 3.05) is 5.75 Å². The molecule has 1 aliphatic rings. The minimum atomic E-state index is 0.470. The molecule has 0 radical (unpaired) electrons. The average molecular weight is 295 g/mol. The summed E-state index contributed by atoms with van der Waals surface area (Å²) in [7, 11) is 0. The third-order valence-corrected chi connectivity index (χ3v) is 5.17. The van der Waals surface area contributed by atoms with E-state index in [4.69, 9.17) is 5.73 Å². The van der Waals surface area contributed by atoms with Gasteiger partial charge in [-0.05, 0) is 26.2 Å². The van der Waals surface area contributed by atoms with Gasteiger partial charge in [0.2, 0.25) is 0 Å². The van der Waals surface area contributed by atoms with Crippen LogP contribution in [0, 0.1) is 6.92 Å². The van der Waals surface area contributed by atoms with Crippen molar-refractivity contribution < 1.29 is 0 Å². The maximum absolute atomic E-state index is 5.72. The molecule has 1 fully saturated rings. The van der Waals surface area contributed by atoms with Gasteiger partial charge in [0.25, 0.3) is 0 Å². The maximum Gasteiger partial charge on any atom is 0.191 e. The molecule has 0 saturated heterocycles. The second kappa shape index (κ2) is 5.60. The van der Waals surface area contributed by atoms with Crippen molar-refractivity contribution in [1.82, 2.24) is 19.7 Å². The zero-order valence-electron chi connectivity index (χ0n) is 10.9. The molecule has 2 aromatic rings. The molecule has 1 aliphatic carbocycles. The fourth-order valence-corrected chi connectivity index (χ4v) is 3.94. The van der Waals surface area contributed by atoms with E-state index in [1.807, 2.05) is 5.51 Å². The highest BCUT2D eigenvalue weighted by molar-refractivity contribution is 7.99. The molecule has 0 spiro atoms. The summed E-state index contributed by atoms with van der Waals surface area (Å²) in [5.41, 5.74) is 8.78. The number of thioether (sulfide) groups is 1. The van der Waals surface area contributed by atoms with Gasteiger partial charge in [0.05, 0.1) is 17.7 Å². The number of nitrogens with two attached hydrogens (primary N) is 1. The van der Waals surface area contributed by atoms with E-state index in [0.29, 0.717) is 12.6 Å². The molecule has 2 N–H and O–H groups in total. The number of hydrogen-bond donors (Lipinski definition) is 1. The first-order valence-electron chi connectivity index (χ1n) is 6.45. The monoisotopic (exact) mass is 295 g/mol. The quantitative estimate of drug-likeness (QED) is 0.827. The summed E-state index contributed by atoms with van der Waals surface area (Å²) in [6.07, 6.45) is 3.50. The predicted octanol–water partition coefficient (Wildman–Crippen LogP) is 2.17. The van der Waals surface area contributed by atoms with E-state index in [1.54, 1.807) is 23.1 Å². The Balaban J connectivity index is 1.64. The molecule has 0 unspecified atom stereocenters. The van der Waals surface area contributed by atoms with Crippen LogP contribution < -0.4 is 5.73 Å². The molecule has 0 bridgehead atoms. The second-order valence-electron chi connectivity index (χ2n) is 4.66. The molecule has 2 aromatic heterocycles. The van der Waals surface area contributed by atoms with Crippen LogP contribution in [0.2, 0.25) is 0 Å². The van der Waals surface area contributed by atoms with Gasteiger partial charge in [-0.1, -0.05) is 11.8 Å². The van der Waals surface area contributed by atoms with Crippen molar-refractivity contribution in [1.29, 1.82) is 0 Å². The van der Waals surface area contributed by atoms with Crippen molar-refractivity contribution in [2.24, 2.45) is 5.73 Å². The van der Waals surface area contributed by atoms with Gasteiger partial charge in [-0.25, -0.2) is 4.98 Å². The number of aromatic nitrogens is 4. The van der Waals surface area contributed by atoms with E-state index in [2.05, 4.69) is 26.7 Å². The summed E-state index contributed by atoms with van der Waals surface area (Å²) >= 11 is 3.50. The summed E-state index contributed by atoms with van der Waals surface area (Å²) in [6, 6.07) is 0.584. The van der Waals surface area contributed by atoms with Gasteiger partial charge in [-0.3, -0.25) is 0 Å². The predicted molar refractivity (Wildman–Crippen MR) is 77.5 cm³/mol. The van der Waals surface area contributed by atoms with Crippen LogP contribution in [0.5, 0.6) is 0 Å². The van der Waals surface area contributed by atoms with Crippen LogP contribution >= 0.6 is 23.1 Å². The van der Waals surface area contributed by atoms with Crippen molar-refractivity contribution in [2.45, 2.75) is 43.9 Å². The van der Waals surface area contributed by atoms with Crippen LogP contribution in [-0.4, -0.2) is 25.5 Å². The number of rotatable bonds is 6. The molecule has 102 valence electrons. The highest BCUT2D eigenvalue weighted by Crippen LogP contribution is 2.38. The lowest BCUT2D eigenvalue weighted by atomic mass is 10.3. The molecular formula is C12H17N5S2. The second-order valence-corrected chi connectivity index (χ2v) is 6.66. The summed E-state index contributed by atoms with van der Waals surface area (Å²) in [5.74, 6) is 1.93. The van der Waals surface area contributed by atoms with Gasteiger partial charge >= 0.3 is 0 Å². The summed E-state index contributed by atoms with van der Waals surface area (Å²) in [6.45, 7) is 2.54. The molecule has 0 atom stereocenters. The van der Waals surface area contributed by atoms with E-state index < -0.39 is 0 Å². The molecule has 0 amide bonds. The topological polar surface area (TPSA) is 69.6 Å². The van der Waals surface area contributed by atoms with E-state index in [1.165, 1.54) is 17.7 Å². The smallest absolute Gasteiger partial charge is 0.191 e. The average Bonchev–Trinajstić information content (AvgIpc) is 3.05. The van der Waals surface area contributed by atoms with Crippen molar-refractivity contribution in [3.8, 4) is 0 Å². The van der Waals surface area contributed by atoms with Crippen LogP contribution in [0.25, 0.3) is 0 Å². The lowest BCUT2D eigenvalue weighted by Gasteiger charge is -2.07.